The van der Waals surface area contributed by atoms with Crippen molar-refractivity contribution < 1.29 is 9.59 Å². The Morgan fingerprint density at radius 1 is 1.17 bits per heavy atom. The van der Waals surface area contributed by atoms with Gasteiger partial charge in [0.1, 0.15) is 5.41 Å². The number of piperidine rings is 1. The summed E-state index contributed by atoms with van der Waals surface area (Å²) < 4.78 is 0. The Morgan fingerprint density at radius 3 is 2.26 bits per heavy atom. The summed E-state index contributed by atoms with van der Waals surface area (Å²) in [6.45, 7) is 3.67. The minimum Gasteiger partial charge on any atom is -0.342 e. The van der Waals surface area contributed by atoms with Gasteiger partial charge in [0.2, 0.25) is 11.8 Å². The summed E-state index contributed by atoms with van der Waals surface area (Å²) in [5, 5.41) is 3.51. The summed E-state index contributed by atoms with van der Waals surface area (Å²) in [6.07, 6.45) is 3.18. The largest absolute Gasteiger partial charge is 0.342 e. The first-order valence-corrected chi connectivity index (χ1v) is 8.74. The molecule has 1 aliphatic carbocycles. The number of halogens is 2. The third-order valence-electron chi connectivity index (χ3n) is 4.87. The van der Waals surface area contributed by atoms with Crippen molar-refractivity contribution in [2.45, 2.75) is 32.6 Å². The minimum absolute atomic E-state index is 0.0509. The van der Waals surface area contributed by atoms with Crippen LogP contribution in [0.5, 0.6) is 0 Å². The summed E-state index contributed by atoms with van der Waals surface area (Å²) in [6, 6.07) is 5.04. The number of carbonyl (C=O) groups is 2. The molecule has 4 nitrogen and oxygen atoms in total. The van der Waals surface area contributed by atoms with Gasteiger partial charge in [-0.15, -0.1) is 0 Å². The topological polar surface area (TPSA) is 49.4 Å². The Kier molecular flexibility index (Phi) is 4.56. The molecule has 3 rings (SSSR count). The molecule has 23 heavy (non-hydrogen) atoms. The van der Waals surface area contributed by atoms with E-state index in [4.69, 9.17) is 23.2 Å². The number of nitrogens with one attached hydrogen (secondary N) is 1. The van der Waals surface area contributed by atoms with E-state index in [1.54, 1.807) is 18.2 Å². The average Bonchev–Trinajstić information content (AvgIpc) is 3.33. The molecule has 1 aromatic carbocycles. The van der Waals surface area contributed by atoms with Gasteiger partial charge in [-0.2, -0.15) is 0 Å². The van der Waals surface area contributed by atoms with Crippen molar-refractivity contribution in [1.82, 2.24) is 4.90 Å². The molecular formula is C17H20Cl2N2O2. The van der Waals surface area contributed by atoms with Crippen LogP contribution in [-0.4, -0.2) is 29.8 Å². The monoisotopic (exact) mass is 354 g/mol. The SMILES string of the molecule is CC1CCN(C(=O)C2(C(=O)Nc3c(Cl)cccc3Cl)CC2)CC1. The van der Waals surface area contributed by atoms with E-state index < -0.39 is 5.41 Å². The van der Waals surface area contributed by atoms with E-state index in [-0.39, 0.29) is 11.8 Å². The van der Waals surface area contributed by atoms with Gasteiger partial charge in [0, 0.05) is 13.1 Å². The molecule has 0 aromatic heterocycles. The smallest absolute Gasteiger partial charge is 0.240 e. The highest BCUT2D eigenvalue weighted by Crippen LogP contribution is 2.49. The number of benzene rings is 1. The summed E-state index contributed by atoms with van der Waals surface area (Å²) in [5.74, 6) is 0.297. The van der Waals surface area contributed by atoms with E-state index in [1.807, 2.05) is 4.90 Å². The fourth-order valence-electron chi connectivity index (χ4n) is 3.03. The molecule has 0 bridgehead atoms. The molecule has 1 saturated heterocycles. The number of hydrogen-bond acceptors (Lipinski definition) is 2. The van der Waals surface area contributed by atoms with E-state index in [2.05, 4.69) is 12.2 Å². The quantitative estimate of drug-likeness (QED) is 0.834. The van der Waals surface area contributed by atoms with Crippen LogP contribution in [0.3, 0.4) is 0 Å². The summed E-state index contributed by atoms with van der Waals surface area (Å²) in [4.78, 5) is 27.3. The number of carbonyl (C=O) groups excluding carboxylic acids is 2. The Bertz CT molecular complexity index is 615. The number of amides is 2. The van der Waals surface area contributed by atoms with Gasteiger partial charge in [-0.25, -0.2) is 0 Å². The number of rotatable bonds is 3. The molecule has 2 amide bonds. The number of para-hydroxylation sites is 1. The molecule has 0 spiro atoms. The van der Waals surface area contributed by atoms with Gasteiger partial charge < -0.3 is 10.2 Å². The van der Waals surface area contributed by atoms with Crippen LogP contribution < -0.4 is 5.32 Å². The van der Waals surface area contributed by atoms with Crippen LogP contribution >= 0.6 is 23.2 Å². The Balaban J connectivity index is 1.73. The minimum atomic E-state index is -0.928. The van der Waals surface area contributed by atoms with E-state index >= 15 is 0 Å². The first-order valence-electron chi connectivity index (χ1n) is 7.99. The van der Waals surface area contributed by atoms with E-state index in [0.717, 1.165) is 25.9 Å². The molecule has 2 aliphatic rings. The first-order chi connectivity index (χ1) is 10.9. The zero-order chi connectivity index (χ0) is 16.6. The maximum absolute atomic E-state index is 12.8. The maximum atomic E-state index is 12.8. The zero-order valence-corrected chi connectivity index (χ0v) is 14.6. The summed E-state index contributed by atoms with van der Waals surface area (Å²) in [5.41, 5.74) is -0.546. The van der Waals surface area contributed by atoms with Gasteiger partial charge in [-0.05, 0) is 43.7 Å². The zero-order valence-electron chi connectivity index (χ0n) is 13.1. The van der Waals surface area contributed by atoms with Crippen molar-refractivity contribution in [3.8, 4) is 0 Å². The molecule has 0 radical (unpaired) electrons. The molecule has 1 aromatic rings. The van der Waals surface area contributed by atoms with E-state index in [9.17, 15) is 9.59 Å². The molecule has 1 aliphatic heterocycles. The van der Waals surface area contributed by atoms with Crippen LogP contribution in [0, 0.1) is 11.3 Å². The Morgan fingerprint density at radius 2 is 1.74 bits per heavy atom. The van der Waals surface area contributed by atoms with E-state index in [0.29, 0.717) is 34.5 Å². The van der Waals surface area contributed by atoms with Crippen LogP contribution in [0.4, 0.5) is 5.69 Å². The van der Waals surface area contributed by atoms with Gasteiger partial charge in [-0.1, -0.05) is 36.2 Å². The molecule has 1 heterocycles. The lowest BCUT2D eigenvalue weighted by atomic mass is 9.96. The molecule has 1 N–H and O–H groups in total. The molecule has 0 unspecified atom stereocenters. The standard InChI is InChI=1S/C17H20Cl2N2O2/c1-11-5-9-21(10-6-11)16(23)17(7-8-17)15(22)20-14-12(18)3-2-4-13(14)19/h2-4,11H,5-10H2,1H3,(H,20,22). The van der Waals surface area contributed by atoms with Gasteiger partial charge in [0.25, 0.3) is 0 Å². The summed E-state index contributed by atoms with van der Waals surface area (Å²) in [7, 11) is 0. The number of likely N-dealkylation sites (tertiary alicyclic amines) is 1. The van der Waals surface area contributed by atoms with Gasteiger partial charge in [0.05, 0.1) is 15.7 Å². The molecule has 1 saturated carbocycles. The fraction of sp³-hybridized carbons (Fsp3) is 0.529. The third-order valence-corrected chi connectivity index (χ3v) is 5.50. The number of nitrogens with zero attached hydrogens (tertiary/aromatic N) is 1. The second kappa shape index (κ2) is 6.33. The lowest BCUT2D eigenvalue weighted by Gasteiger charge is -2.32. The van der Waals surface area contributed by atoms with Crippen LogP contribution in [0.1, 0.15) is 32.6 Å². The highest BCUT2D eigenvalue weighted by Gasteiger charge is 2.58. The van der Waals surface area contributed by atoms with Crippen molar-refractivity contribution in [1.29, 1.82) is 0 Å². The van der Waals surface area contributed by atoms with Crippen molar-refractivity contribution in [2.24, 2.45) is 11.3 Å². The lowest BCUT2D eigenvalue weighted by molar-refractivity contribution is -0.143. The predicted octanol–water partition coefficient (Wildman–Crippen LogP) is 3.97. The maximum Gasteiger partial charge on any atom is 0.240 e. The number of hydrogen-bond donors (Lipinski definition) is 1. The van der Waals surface area contributed by atoms with Crippen molar-refractivity contribution >= 4 is 40.7 Å². The second-order valence-electron chi connectivity index (χ2n) is 6.61. The molecule has 2 fully saturated rings. The normalized spacial score (nSPS) is 20.2. The van der Waals surface area contributed by atoms with Gasteiger partial charge in [0.15, 0.2) is 0 Å². The van der Waals surface area contributed by atoms with Gasteiger partial charge >= 0.3 is 0 Å². The van der Waals surface area contributed by atoms with Gasteiger partial charge in [-0.3, -0.25) is 9.59 Å². The molecule has 0 atom stereocenters. The highest BCUT2D eigenvalue weighted by molar-refractivity contribution is 6.40. The molecular weight excluding hydrogens is 335 g/mol. The Labute approximate surface area is 146 Å². The number of anilines is 1. The van der Waals surface area contributed by atoms with Crippen LogP contribution in [-0.2, 0) is 9.59 Å². The van der Waals surface area contributed by atoms with Crippen molar-refractivity contribution in [3.63, 3.8) is 0 Å². The fourth-order valence-corrected chi connectivity index (χ4v) is 3.52. The third kappa shape index (κ3) is 3.20. The predicted molar refractivity (Wildman–Crippen MR) is 91.7 cm³/mol. The molecule has 124 valence electrons. The Hall–Kier alpha value is -1.26. The van der Waals surface area contributed by atoms with Crippen LogP contribution in [0.25, 0.3) is 0 Å². The van der Waals surface area contributed by atoms with Crippen molar-refractivity contribution in [2.75, 3.05) is 18.4 Å². The van der Waals surface area contributed by atoms with Crippen molar-refractivity contribution in [3.05, 3.63) is 28.2 Å². The van der Waals surface area contributed by atoms with Crippen LogP contribution in [0.2, 0.25) is 10.0 Å². The first kappa shape index (κ1) is 16.6. The molecule has 6 heteroatoms. The second-order valence-corrected chi connectivity index (χ2v) is 7.42. The highest BCUT2D eigenvalue weighted by atomic mass is 35.5. The lowest BCUT2D eigenvalue weighted by Crippen LogP contribution is -2.46. The average molecular weight is 355 g/mol. The van der Waals surface area contributed by atoms with Crippen LogP contribution in [0.15, 0.2) is 18.2 Å². The van der Waals surface area contributed by atoms with E-state index in [1.165, 1.54) is 0 Å². The summed E-state index contributed by atoms with van der Waals surface area (Å²) >= 11 is 12.2.